The summed E-state index contributed by atoms with van der Waals surface area (Å²) in [4.78, 5) is 14.1. The Morgan fingerprint density at radius 2 is 1.68 bits per heavy atom. The number of benzene rings is 2. The number of cyclic esters (lactones) is 1. The van der Waals surface area contributed by atoms with Crippen LogP contribution in [0.5, 0.6) is 0 Å². The van der Waals surface area contributed by atoms with Crippen LogP contribution in [0.1, 0.15) is 24.1 Å². The second-order valence-electron chi connectivity index (χ2n) is 5.34. The third-order valence-corrected chi connectivity index (χ3v) is 3.84. The first-order valence-electron chi connectivity index (χ1n) is 7.48. The van der Waals surface area contributed by atoms with Crippen LogP contribution in [0.3, 0.4) is 0 Å². The number of allylic oxidation sites excluding steroid dienone is 1. The molecule has 22 heavy (non-hydrogen) atoms. The van der Waals surface area contributed by atoms with Crippen LogP contribution in [-0.4, -0.2) is 17.1 Å². The second kappa shape index (κ2) is 6.48. The molecule has 112 valence electrons. The van der Waals surface area contributed by atoms with Crippen LogP contribution < -0.4 is 0 Å². The van der Waals surface area contributed by atoms with Gasteiger partial charge in [-0.05, 0) is 24.1 Å². The zero-order valence-corrected chi connectivity index (χ0v) is 12.6. The molecule has 0 N–H and O–H groups in total. The SMILES string of the molecule is C/C=C\[C@H]1OC(=O)N(Cc2ccccc2)[C@@H]1c1ccccc1. The summed E-state index contributed by atoms with van der Waals surface area (Å²) in [6.45, 7) is 2.49. The predicted molar refractivity (Wildman–Crippen MR) is 86.3 cm³/mol. The van der Waals surface area contributed by atoms with Crippen LogP contribution in [0.4, 0.5) is 4.79 Å². The number of carbonyl (C=O) groups is 1. The second-order valence-corrected chi connectivity index (χ2v) is 5.34. The number of rotatable bonds is 4. The fourth-order valence-electron chi connectivity index (χ4n) is 2.84. The van der Waals surface area contributed by atoms with Gasteiger partial charge >= 0.3 is 6.09 Å². The summed E-state index contributed by atoms with van der Waals surface area (Å²) in [5, 5.41) is 0. The fraction of sp³-hybridized carbons (Fsp3) is 0.211. The molecule has 0 aromatic heterocycles. The van der Waals surface area contributed by atoms with Crippen LogP contribution in [0.25, 0.3) is 0 Å². The summed E-state index contributed by atoms with van der Waals surface area (Å²) in [7, 11) is 0. The molecule has 1 aliphatic rings. The molecule has 0 unspecified atom stereocenters. The van der Waals surface area contributed by atoms with Crippen molar-refractivity contribution in [2.75, 3.05) is 0 Å². The molecule has 3 rings (SSSR count). The number of nitrogens with zero attached hydrogens (tertiary/aromatic N) is 1. The summed E-state index contributed by atoms with van der Waals surface area (Å²) in [6, 6.07) is 20.0. The van der Waals surface area contributed by atoms with E-state index in [1.54, 1.807) is 4.90 Å². The van der Waals surface area contributed by atoms with Crippen molar-refractivity contribution in [2.45, 2.75) is 25.6 Å². The first kappa shape index (κ1) is 14.4. The van der Waals surface area contributed by atoms with E-state index in [9.17, 15) is 4.79 Å². The molecule has 0 aliphatic carbocycles. The third-order valence-electron chi connectivity index (χ3n) is 3.84. The minimum Gasteiger partial charge on any atom is -0.439 e. The smallest absolute Gasteiger partial charge is 0.411 e. The number of carbonyl (C=O) groups excluding carboxylic acids is 1. The molecule has 1 aliphatic heterocycles. The van der Waals surface area contributed by atoms with E-state index in [2.05, 4.69) is 0 Å². The Morgan fingerprint density at radius 3 is 2.32 bits per heavy atom. The Balaban J connectivity index is 1.93. The van der Waals surface area contributed by atoms with E-state index in [1.807, 2.05) is 79.7 Å². The number of ether oxygens (including phenoxy) is 1. The van der Waals surface area contributed by atoms with Gasteiger partial charge in [-0.1, -0.05) is 66.7 Å². The zero-order valence-electron chi connectivity index (χ0n) is 12.6. The Kier molecular flexibility index (Phi) is 4.24. The van der Waals surface area contributed by atoms with Gasteiger partial charge in [-0.3, -0.25) is 4.90 Å². The standard InChI is InChI=1S/C19H19NO2/c1-2-9-17-18(16-12-7-4-8-13-16)20(19(21)22-17)14-15-10-5-3-6-11-15/h2-13,17-18H,14H2,1H3/b9-2-/t17-,18-/m1/s1. The first-order valence-corrected chi connectivity index (χ1v) is 7.48. The molecule has 2 aromatic carbocycles. The number of hydrogen-bond acceptors (Lipinski definition) is 2. The molecule has 2 aromatic rings. The van der Waals surface area contributed by atoms with Crippen molar-refractivity contribution >= 4 is 6.09 Å². The highest BCUT2D eigenvalue weighted by molar-refractivity contribution is 5.71. The topological polar surface area (TPSA) is 29.5 Å². The maximum Gasteiger partial charge on any atom is 0.411 e. The van der Waals surface area contributed by atoms with E-state index in [-0.39, 0.29) is 18.2 Å². The van der Waals surface area contributed by atoms with Gasteiger partial charge in [0.15, 0.2) is 0 Å². The lowest BCUT2D eigenvalue weighted by molar-refractivity contribution is 0.144. The van der Waals surface area contributed by atoms with Gasteiger partial charge in [-0.15, -0.1) is 0 Å². The molecule has 0 radical (unpaired) electrons. The molecule has 3 heteroatoms. The van der Waals surface area contributed by atoms with Crippen LogP contribution >= 0.6 is 0 Å². The average Bonchev–Trinajstić information content (AvgIpc) is 2.85. The normalized spacial score (nSPS) is 21.3. The van der Waals surface area contributed by atoms with E-state index in [1.165, 1.54) is 0 Å². The number of amides is 1. The first-order chi connectivity index (χ1) is 10.8. The van der Waals surface area contributed by atoms with Gasteiger partial charge in [0.25, 0.3) is 0 Å². The van der Waals surface area contributed by atoms with Crippen LogP contribution in [0.15, 0.2) is 72.8 Å². The van der Waals surface area contributed by atoms with Crippen molar-refractivity contribution in [1.29, 1.82) is 0 Å². The van der Waals surface area contributed by atoms with Gasteiger partial charge in [0.05, 0.1) is 0 Å². The predicted octanol–water partition coefficient (Wildman–Crippen LogP) is 4.32. The zero-order chi connectivity index (χ0) is 15.4. The lowest BCUT2D eigenvalue weighted by atomic mass is 10.00. The molecule has 0 bridgehead atoms. The number of hydrogen-bond donors (Lipinski definition) is 0. The van der Waals surface area contributed by atoms with E-state index in [0.29, 0.717) is 6.54 Å². The molecule has 2 atom stereocenters. The van der Waals surface area contributed by atoms with Crippen molar-refractivity contribution in [3.63, 3.8) is 0 Å². The van der Waals surface area contributed by atoms with E-state index in [4.69, 9.17) is 4.74 Å². The Bertz CT molecular complexity index is 652. The van der Waals surface area contributed by atoms with E-state index in [0.717, 1.165) is 11.1 Å². The van der Waals surface area contributed by atoms with E-state index >= 15 is 0 Å². The average molecular weight is 293 g/mol. The van der Waals surface area contributed by atoms with Crippen molar-refractivity contribution < 1.29 is 9.53 Å². The molecule has 1 amide bonds. The summed E-state index contributed by atoms with van der Waals surface area (Å²) in [5.41, 5.74) is 2.19. The monoisotopic (exact) mass is 293 g/mol. The Morgan fingerprint density at radius 1 is 1.05 bits per heavy atom. The summed E-state index contributed by atoms with van der Waals surface area (Å²) >= 11 is 0. The quantitative estimate of drug-likeness (QED) is 0.785. The summed E-state index contributed by atoms with van der Waals surface area (Å²) in [6.07, 6.45) is 3.37. The van der Waals surface area contributed by atoms with Crippen LogP contribution in [0, 0.1) is 0 Å². The maximum absolute atomic E-state index is 12.3. The largest absolute Gasteiger partial charge is 0.439 e. The highest BCUT2D eigenvalue weighted by Crippen LogP contribution is 2.35. The van der Waals surface area contributed by atoms with Gasteiger partial charge in [0.2, 0.25) is 0 Å². The Labute approximate surface area is 130 Å². The molecular weight excluding hydrogens is 274 g/mol. The molecule has 1 saturated heterocycles. The highest BCUT2D eigenvalue weighted by atomic mass is 16.6. The lowest BCUT2D eigenvalue weighted by Crippen LogP contribution is -2.28. The summed E-state index contributed by atoms with van der Waals surface area (Å²) in [5.74, 6) is 0. The highest BCUT2D eigenvalue weighted by Gasteiger charge is 2.41. The third kappa shape index (κ3) is 2.89. The van der Waals surface area contributed by atoms with Gasteiger partial charge in [0, 0.05) is 6.54 Å². The van der Waals surface area contributed by atoms with Crippen LogP contribution in [-0.2, 0) is 11.3 Å². The van der Waals surface area contributed by atoms with Crippen molar-refractivity contribution in [3.05, 3.63) is 83.9 Å². The van der Waals surface area contributed by atoms with Gasteiger partial charge < -0.3 is 4.74 Å². The van der Waals surface area contributed by atoms with Crippen LogP contribution in [0.2, 0.25) is 0 Å². The van der Waals surface area contributed by atoms with Crippen molar-refractivity contribution in [1.82, 2.24) is 4.90 Å². The van der Waals surface area contributed by atoms with Gasteiger partial charge in [-0.2, -0.15) is 0 Å². The molecule has 1 fully saturated rings. The van der Waals surface area contributed by atoms with E-state index < -0.39 is 0 Å². The van der Waals surface area contributed by atoms with Crippen molar-refractivity contribution in [2.24, 2.45) is 0 Å². The molecular formula is C19H19NO2. The molecule has 1 heterocycles. The molecule has 0 spiro atoms. The minimum absolute atomic E-state index is 0.0925. The fourth-order valence-corrected chi connectivity index (χ4v) is 2.84. The Hall–Kier alpha value is -2.55. The molecule has 3 nitrogen and oxygen atoms in total. The molecule has 0 saturated carbocycles. The maximum atomic E-state index is 12.3. The lowest BCUT2D eigenvalue weighted by Gasteiger charge is -2.24. The summed E-state index contributed by atoms with van der Waals surface area (Å²) < 4.78 is 5.55. The van der Waals surface area contributed by atoms with Gasteiger partial charge in [0.1, 0.15) is 12.1 Å². The van der Waals surface area contributed by atoms with Crippen molar-refractivity contribution in [3.8, 4) is 0 Å². The van der Waals surface area contributed by atoms with Gasteiger partial charge in [-0.25, -0.2) is 4.79 Å². The minimum atomic E-state index is -0.263.